The maximum Gasteiger partial charge on any atom is 0.243 e. The Hall–Kier alpha value is -0.920. The standard InChI is InChI=1S/C16H23BrN2O3S/c1-16(2,3)12-15(20)18-8-10-19(11-9-18)23(21,22)14-6-4-13(17)5-7-14/h4-7H,8-12H2,1-3H3. The zero-order valence-electron chi connectivity index (χ0n) is 13.8. The maximum absolute atomic E-state index is 12.6. The van der Waals surface area contributed by atoms with Gasteiger partial charge in [-0.1, -0.05) is 36.7 Å². The van der Waals surface area contributed by atoms with Crippen LogP contribution in [-0.2, 0) is 14.8 Å². The molecule has 0 aliphatic carbocycles. The van der Waals surface area contributed by atoms with E-state index in [-0.39, 0.29) is 16.2 Å². The van der Waals surface area contributed by atoms with Crippen LogP contribution in [0.15, 0.2) is 33.6 Å². The molecule has 1 aliphatic heterocycles. The lowest BCUT2D eigenvalue weighted by Crippen LogP contribution is -2.50. The smallest absolute Gasteiger partial charge is 0.243 e. The van der Waals surface area contributed by atoms with Crippen LogP contribution in [0.3, 0.4) is 0 Å². The van der Waals surface area contributed by atoms with E-state index in [1.807, 2.05) is 20.8 Å². The number of amides is 1. The van der Waals surface area contributed by atoms with Crippen molar-refractivity contribution in [1.82, 2.24) is 9.21 Å². The summed E-state index contributed by atoms with van der Waals surface area (Å²) in [4.78, 5) is 14.3. The predicted octanol–water partition coefficient (Wildman–Crippen LogP) is 2.72. The molecule has 0 bridgehead atoms. The molecule has 7 heteroatoms. The van der Waals surface area contributed by atoms with Gasteiger partial charge in [-0.2, -0.15) is 4.31 Å². The molecular formula is C16H23BrN2O3S. The molecule has 2 rings (SSSR count). The first-order valence-corrected chi connectivity index (χ1v) is 9.86. The van der Waals surface area contributed by atoms with Gasteiger partial charge in [-0.05, 0) is 29.7 Å². The van der Waals surface area contributed by atoms with Crippen molar-refractivity contribution in [3.8, 4) is 0 Å². The Morgan fingerprint density at radius 1 is 1.09 bits per heavy atom. The molecule has 1 aliphatic rings. The molecule has 23 heavy (non-hydrogen) atoms. The van der Waals surface area contributed by atoms with Crippen LogP contribution in [0.25, 0.3) is 0 Å². The van der Waals surface area contributed by atoms with Gasteiger partial charge in [0, 0.05) is 37.1 Å². The summed E-state index contributed by atoms with van der Waals surface area (Å²) in [5.74, 6) is 0.0955. The van der Waals surface area contributed by atoms with Gasteiger partial charge in [0.1, 0.15) is 0 Å². The number of carbonyl (C=O) groups is 1. The van der Waals surface area contributed by atoms with Crippen molar-refractivity contribution in [2.75, 3.05) is 26.2 Å². The number of sulfonamides is 1. The van der Waals surface area contributed by atoms with Crippen LogP contribution in [0.2, 0.25) is 0 Å². The van der Waals surface area contributed by atoms with E-state index < -0.39 is 10.0 Å². The molecule has 1 saturated heterocycles. The average Bonchev–Trinajstić information content (AvgIpc) is 2.46. The van der Waals surface area contributed by atoms with Crippen LogP contribution in [0.1, 0.15) is 27.2 Å². The summed E-state index contributed by atoms with van der Waals surface area (Å²) in [5.41, 5.74) is -0.0578. The second-order valence-corrected chi connectivity index (χ2v) is 9.83. The molecule has 0 spiro atoms. The molecule has 1 heterocycles. The van der Waals surface area contributed by atoms with E-state index in [0.717, 1.165) is 4.47 Å². The van der Waals surface area contributed by atoms with Crippen LogP contribution < -0.4 is 0 Å². The van der Waals surface area contributed by atoms with Gasteiger partial charge in [-0.3, -0.25) is 4.79 Å². The summed E-state index contributed by atoms with van der Waals surface area (Å²) in [7, 11) is -3.49. The highest BCUT2D eigenvalue weighted by molar-refractivity contribution is 9.10. The summed E-state index contributed by atoms with van der Waals surface area (Å²) in [5, 5.41) is 0. The molecule has 1 aromatic carbocycles. The Balaban J connectivity index is 2.01. The monoisotopic (exact) mass is 402 g/mol. The Morgan fingerprint density at radius 3 is 2.09 bits per heavy atom. The van der Waals surface area contributed by atoms with Crippen molar-refractivity contribution < 1.29 is 13.2 Å². The van der Waals surface area contributed by atoms with Gasteiger partial charge >= 0.3 is 0 Å². The molecule has 0 unspecified atom stereocenters. The number of halogens is 1. The summed E-state index contributed by atoms with van der Waals surface area (Å²) < 4.78 is 27.5. The number of rotatable bonds is 3. The van der Waals surface area contributed by atoms with E-state index in [4.69, 9.17) is 0 Å². The van der Waals surface area contributed by atoms with Crippen LogP contribution in [-0.4, -0.2) is 49.7 Å². The largest absolute Gasteiger partial charge is 0.340 e. The van der Waals surface area contributed by atoms with Crippen molar-refractivity contribution in [3.63, 3.8) is 0 Å². The SMILES string of the molecule is CC(C)(C)CC(=O)N1CCN(S(=O)(=O)c2ccc(Br)cc2)CC1. The van der Waals surface area contributed by atoms with Crippen molar-refractivity contribution in [2.45, 2.75) is 32.1 Å². The molecule has 5 nitrogen and oxygen atoms in total. The molecule has 128 valence electrons. The number of hydrogen-bond acceptors (Lipinski definition) is 3. The van der Waals surface area contributed by atoms with Crippen molar-refractivity contribution in [3.05, 3.63) is 28.7 Å². The zero-order valence-corrected chi connectivity index (χ0v) is 16.2. The van der Waals surface area contributed by atoms with E-state index in [2.05, 4.69) is 15.9 Å². The molecule has 1 aromatic rings. The summed E-state index contributed by atoms with van der Waals surface area (Å²) in [6.45, 7) is 7.66. The Kier molecular flexibility index (Phi) is 5.53. The fraction of sp³-hybridized carbons (Fsp3) is 0.562. The van der Waals surface area contributed by atoms with Gasteiger partial charge < -0.3 is 4.90 Å². The lowest BCUT2D eigenvalue weighted by atomic mass is 9.91. The zero-order chi connectivity index (χ0) is 17.3. The van der Waals surface area contributed by atoms with E-state index in [1.54, 1.807) is 29.2 Å². The fourth-order valence-electron chi connectivity index (χ4n) is 2.50. The van der Waals surface area contributed by atoms with Crippen LogP contribution in [0.4, 0.5) is 0 Å². The third-order valence-corrected chi connectivity index (χ3v) is 6.17. The first-order valence-electron chi connectivity index (χ1n) is 7.63. The number of piperazine rings is 1. The van der Waals surface area contributed by atoms with E-state index in [0.29, 0.717) is 32.6 Å². The minimum absolute atomic E-state index is 0.0578. The second-order valence-electron chi connectivity index (χ2n) is 6.98. The van der Waals surface area contributed by atoms with Crippen LogP contribution in [0, 0.1) is 5.41 Å². The third-order valence-electron chi connectivity index (χ3n) is 3.72. The highest BCUT2D eigenvalue weighted by Crippen LogP contribution is 2.23. The molecule has 0 saturated carbocycles. The summed E-state index contributed by atoms with van der Waals surface area (Å²) in [6.07, 6.45) is 0.479. The highest BCUT2D eigenvalue weighted by atomic mass is 79.9. The minimum Gasteiger partial charge on any atom is -0.340 e. The molecular weight excluding hydrogens is 380 g/mol. The van der Waals surface area contributed by atoms with Gasteiger partial charge in [0.2, 0.25) is 15.9 Å². The molecule has 0 atom stereocenters. The van der Waals surface area contributed by atoms with Crippen molar-refractivity contribution in [2.24, 2.45) is 5.41 Å². The van der Waals surface area contributed by atoms with Crippen molar-refractivity contribution in [1.29, 1.82) is 0 Å². The van der Waals surface area contributed by atoms with Gasteiger partial charge in [0.15, 0.2) is 0 Å². The van der Waals surface area contributed by atoms with Gasteiger partial charge in [0.05, 0.1) is 4.90 Å². The number of carbonyl (C=O) groups excluding carboxylic acids is 1. The van der Waals surface area contributed by atoms with Gasteiger partial charge in [0.25, 0.3) is 0 Å². The Morgan fingerprint density at radius 2 is 1.61 bits per heavy atom. The number of benzene rings is 1. The quantitative estimate of drug-likeness (QED) is 0.780. The third kappa shape index (κ3) is 4.78. The molecule has 0 radical (unpaired) electrons. The maximum atomic E-state index is 12.6. The minimum atomic E-state index is -3.49. The molecule has 1 fully saturated rings. The average molecular weight is 403 g/mol. The van der Waals surface area contributed by atoms with E-state index in [9.17, 15) is 13.2 Å². The van der Waals surface area contributed by atoms with Gasteiger partial charge in [-0.25, -0.2) is 8.42 Å². The topological polar surface area (TPSA) is 57.7 Å². The second kappa shape index (κ2) is 6.91. The number of hydrogen-bond donors (Lipinski definition) is 0. The first-order chi connectivity index (χ1) is 10.6. The van der Waals surface area contributed by atoms with Crippen LogP contribution >= 0.6 is 15.9 Å². The van der Waals surface area contributed by atoms with E-state index >= 15 is 0 Å². The lowest BCUT2D eigenvalue weighted by Gasteiger charge is -2.35. The Bertz CT molecular complexity index is 658. The molecule has 0 N–H and O–H groups in total. The fourth-order valence-corrected chi connectivity index (χ4v) is 4.19. The number of nitrogens with zero attached hydrogens (tertiary/aromatic N) is 2. The summed E-state index contributed by atoms with van der Waals surface area (Å²) in [6, 6.07) is 6.62. The van der Waals surface area contributed by atoms with E-state index in [1.165, 1.54) is 4.31 Å². The Labute approximate surface area is 146 Å². The normalized spacial score (nSPS) is 17.3. The van der Waals surface area contributed by atoms with Gasteiger partial charge in [-0.15, -0.1) is 0 Å². The van der Waals surface area contributed by atoms with Crippen LogP contribution in [0.5, 0.6) is 0 Å². The molecule has 1 amide bonds. The summed E-state index contributed by atoms with van der Waals surface area (Å²) >= 11 is 3.30. The predicted molar refractivity (Wildman–Crippen MR) is 93.6 cm³/mol. The highest BCUT2D eigenvalue weighted by Gasteiger charge is 2.31. The van der Waals surface area contributed by atoms with Crippen molar-refractivity contribution >= 4 is 31.9 Å². The first kappa shape index (κ1) is 18.4. The lowest BCUT2D eigenvalue weighted by molar-refractivity contribution is -0.134. The molecule has 0 aromatic heterocycles.